The van der Waals surface area contributed by atoms with Crippen LogP contribution in [0.4, 0.5) is 11.4 Å². The summed E-state index contributed by atoms with van der Waals surface area (Å²) in [5.41, 5.74) is 1.53. The van der Waals surface area contributed by atoms with Gasteiger partial charge in [0.2, 0.25) is 0 Å². The number of benzene rings is 3. The molecule has 176 valence electrons. The molecule has 3 rings (SSSR count). The average Bonchev–Trinajstić information content (AvgIpc) is 2.82. The molecule has 7 nitrogen and oxygen atoms in total. The number of ether oxygens (including phenoxy) is 2. The number of rotatable bonds is 9. The minimum atomic E-state index is -0.396. The Hall–Kier alpha value is -3.43. The standard InChI is InChI=1S/C25H24BrN3O4S/c1-2-13-32-22-12-11-17(26)14-21(22)24(31)29-25(34)28-19-8-6-7-18(15-19)27-23(30)16-33-20-9-4-3-5-10-20/h3-12,14-15H,2,13,16H2,1H3,(H,27,30)(H2,28,29,31,34). The topological polar surface area (TPSA) is 88.7 Å². The van der Waals surface area contributed by atoms with Gasteiger partial charge in [0.05, 0.1) is 12.2 Å². The molecular weight excluding hydrogens is 518 g/mol. The zero-order valence-corrected chi connectivity index (χ0v) is 20.9. The second-order valence-electron chi connectivity index (χ2n) is 7.13. The van der Waals surface area contributed by atoms with Gasteiger partial charge in [-0.2, -0.15) is 0 Å². The molecule has 0 saturated carbocycles. The van der Waals surface area contributed by atoms with E-state index in [0.29, 0.717) is 35.0 Å². The van der Waals surface area contributed by atoms with Gasteiger partial charge >= 0.3 is 0 Å². The maximum absolute atomic E-state index is 12.8. The van der Waals surface area contributed by atoms with Gasteiger partial charge in [-0.25, -0.2) is 0 Å². The fourth-order valence-corrected chi connectivity index (χ4v) is 3.46. The third-order valence-corrected chi connectivity index (χ3v) is 5.09. The summed E-state index contributed by atoms with van der Waals surface area (Å²) in [6.07, 6.45) is 0.822. The predicted molar refractivity (Wildman–Crippen MR) is 141 cm³/mol. The Balaban J connectivity index is 1.56. The van der Waals surface area contributed by atoms with E-state index in [9.17, 15) is 9.59 Å². The molecule has 0 bridgehead atoms. The Morgan fingerprint density at radius 3 is 2.38 bits per heavy atom. The van der Waals surface area contributed by atoms with Crippen LogP contribution in [0.2, 0.25) is 0 Å². The highest BCUT2D eigenvalue weighted by molar-refractivity contribution is 9.10. The molecule has 0 aliphatic heterocycles. The second-order valence-corrected chi connectivity index (χ2v) is 8.45. The van der Waals surface area contributed by atoms with Crippen molar-refractivity contribution in [1.82, 2.24) is 5.32 Å². The molecule has 0 aromatic heterocycles. The first-order valence-corrected chi connectivity index (χ1v) is 11.8. The summed E-state index contributed by atoms with van der Waals surface area (Å²) in [5.74, 6) is 0.397. The van der Waals surface area contributed by atoms with Gasteiger partial charge in [0.25, 0.3) is 11.8 Å². The van der Waals surface area contributed by atoms with Gasteiger partial charge in [-0.1, -0.05) is 47.1 Å². The number of hydrogen-bond acceptors (Lipinski definition) is 5. The van der Waals surface area contributed by atoms with Crippen molar-refractivity contribution < 1.29 is 19.1 Å². The number of thiocarbonyl (C=S) groups is 1. The maximum Gasteiger partial charge on any atom is 0.262 e. The Morgan fingerprint density at radius 2 is 1.65 bits per heavy atom. The lowest BCUT2D eigenvalue weighted by molar-refractivity contribution is -0.118. The normalized spacial score (nSPS) is 10.2. The van der Waals surface area contributed by atoms with E-state index in [2.05, 4.69) is 31.9 Å². The van der Waals surface area contributed by atoms with Gasteiger partial charge in [-0.3, -0.25) is 14.9 Å². The molecule has 34 heavy (non-hydrogen) atoms. The highest BCUT2D eigenvalue weighted by atomic mass is 79.9. The van der Waals surface area contributed by atoms with Crippen LogP contribution in [0.5, 0.6) is 11.5 Å². The van der Waals surface area contributed by atoms with Crippen molar-refractivity contribution in [2.75, 3.05) is 23.8 Å². The van der Waals surface area contributed by atoms with Gasteiger partial charge < -0.3 is 20.1 Å². The monoisotopic (exact) mass is 541 g/mol. The SMILES string of the molecule is CCCOc1ccc(Br)cc1C(=O)NC(=S)Nc1cccc(NC(=O)COc2ccccc2)c1. The van der Waals surface area contributed by atoms with E-state index < -0.39 is 5.91 Å². The molecule has 2 amide bonds. The first-order chi connectivity index (χ1) is 16.4. The van der Waals surface area contributed by atoms with E-state index in [1.807, 2.05) is 31.2 Å². The number of hydrogen-bond donors (Lipinski definition) is 3. The summed E-state index contributed by atoms with van der Waals surface area (Å²) >= 11 is 8.68. The van der Waals surface area contributed by atoms with Crippen LogP contribution in [0.15, 0.2) is 77.3 Å². The lowest BCUT2D eigenvalue weighted by Gasteiger charge is -2.14. The van der Waals surface area contributed by atoms with Crippen LogP contribution in [-0.2, 0) is 4.79 Å². The summed E-state index contributed by atoms with van der Waals surface area (Å²) in [5, 5.41) is 8.50. The molecule has 0 heterocycles. The minimum Gasteiger partial charge on any atom is -0.493 e. The lowest BCUT2D eigenvalue weighted by atomic mass is 10.2. The minimum absolute atomic E-state index is 0.113. The third kappa shape index (κ3) is 7.86. The molecule has 0 atom stereocenters. The van der Waals surface area contributed by atoms with Crippen molar-refractivity contribution in [3.8, 4) is 11.5 Å². The van der Waals surface area contributed by atoms with E-state index >= 15 is 0 Å². The molecule has 0 aliphatic carbocycles. The van der Waals surface area contributed by atoms with Crippen molar-refractivity contribution in [3.05, 3.63) is 82.8 Å². The van der Waals surface area contributed by atoms with Crippen LogP contribution in [0.25, 0.3) is 0 Å². The van der Waals surface area contributed by atoms with E-state index in [1.165, 1.54) is 0 Å². The van der Waals surface area contributed by atoms with Crippen molar-refractivity contribution in [2.45, 2.75) is 13.3 Å². The van der Waals surface area contributed by atoms with Crippen LogP contribution >= 0.6 is 28.1 Å². The highest BCUT2D eigenvalue weighted by Crippen LogP contribution is 2.23. The van der Waals surface area contributed by atoms with Gasteiger partial charge in [0.1, 0.15) is 11.5 Å². The van der Waals surface area contributed by atoms with E-state index in [0.717, 1.165) is 10.9 Å². The van der Waals surface area contributed by atoms with E-state index in [1.54, 1.807) is 48.5 Å². The van der Waals surface area contributed by atoms with Crippen LogP contribution in [0.1, 0.15) is 23.7 Å². The number of halogens is 1. The summed E-state index contributed by atoms with van der Waals surface area (Å²) in [6, 6.07) is 21.3. The quantitative estimate of drug-likeness (QED) is 0.315. The zero-order valence-electron chi connectivity index (χ0n) is 18.5. The van der Waals surface area contributed by atoms with Gasteiger partial charge in [-0.15, -0.1) is 0 Å². The highest BCUT2D eigenvalue weighted by Gasteiger charge is 2.15. The second kappa shape index (κ2) is 12.7. The predicted octanol–water partition coefficient (Wildman–Crippen LogP) is 5.38. The summed E-state index contributed by atoms with van der Waals surface area (Å²) in [4.78, 5) is 25.0. The molecular formula is C25H24BrN3O4S. The smallest absolute Gasteiger partial charge is 0.262 e. The number of amides is 2. The van der Waals surface area contributed by atoms with Crippen LogP contribution in [0.3, 0.4) is 0 Å². The number of nitrogens with one attached hydrogen (secondary N) is 3. The fourth-order valence-electron chi connectivity index (χ4n) is 2.89. The lowest BCUT2D eigenvalue weighted by Crippen LogP contribution is -2.34. The first-order valence-electron chi connectivity index (χ1n) is 10.6. The van der Waals surface area contributed by atoms with Crippen molar-refractivity contribution in [2.24, 2.45) is 0 Å². The molecule has 3 N–H and O–H groups in total. The molecule has 0 saturated heterocycles. The Morgan fingerprint density at radius 1 is 0.912 bits per heavy atom. The molecule has 3 aromatic rings. The number of anilines is 2. The first kappa shape index (κ1) is 25.2. The molecule has 0 fully saturated rings. The summed E-state index contributed by atoms with van der Waals surface area (Å²) < 4.78 is 11.9. The Labute approximate surface area is 212 Å². The third-order valence-electron chi connectivity index (χ3n) is 4.39. The molecule has 3 aromatic carbocycles. The van der Waals surface area contributed by atoms with Gasteiger partial charge in [-0.05, 0) is 67.2 Å². The average molecular weight is 542 g/mol. The summed E-state index contributed by atoms with van der Waals surface area (Å²) in [7, 11) is 0. The molecule has 0 spiro atoms. The molecule has 0 radical (unpaired) electrons. The number of para-hydroxylation sites is 1. The number of carbonyl (C=O) groups excluding carboxylic acids is 2. The Kier molecular flexibility index (Phi) is 9.42. The van der Waals surface area contributed by atoms with Crippen molar-refractivity contribution >= 4 is 56.4 Å². The van der Waals surface area contributed by atoms with Crippen LogP contribution in [0, 0.1) is 0 Å². The largest absolute Gasteiger partial charge is 0.493 e. The molecule has 0 aliphatic rings. The van der Waals surface area contributed by atoms with Crippen LogP contribution in [-0.4, -0.2) is 30.1 Å². The maximum atomic E-state index is 12.8. The van der Waals surface area contributed by atoms with Crippen molar-refractivity contribution in [3.63, 3.8) is 0 Å². The van der Waals surface area contributed by atoms with E-state index in [4.69, 9.17) is 21.7 Å². The van der Waals surface area contributed by atoms with Gasteiger partial charge in [0.15, 0.2) is 11.7 Å². The molecule has 0 unspecified atom stereocenters. The van der Waals surface area contributed by atoms with Crippen molar-refractivity contribution in [1.29, 1.82) is 0 Å². The zero-order chi connectivity index (χ0) is 24.3. The fraction of sp³-hybridized carbons (Fsp3) is 0.160. The Bertz CT molecular complexity index is 1160. The van der Waals surface area contributed by atoms with E-state index in [-0.39, 0.29) is 17.6 Å². The molecule has 9 heteroatoms. The van der Waals surface area contributed by atoms with Gasteiger partial charge in [0, 0.05) is 15.8 Å². The number of carbonyl (C=O) groups is 2. The van der Waals surface area contributed by atoms with Crippen LogP contribution < -0.4 is 25.4 Å². The summed E-state index contributed by atoms with van der Waals surface area (Å²) in [6.45, 7) is 2.37.